The Morgan fingerprint density at radius 2 is 2.37 bits per heavy atom. The number of hydrogen-bond acceptors (Lipinski definition) is 4. The van der Waals surface area contributed by atoms with Crippen molar-refractivity contribution < 1.29 is 4.79 Å². The average Bonchev–Trinajstić information content (AvgIpc) is 3.04. The van der Waals surface area contributed by atoms with Crippen LogP contribution in [-0.4, -0.2) is 40.1 Å². The van der Waals surface area contributed by atoms with Crippen LogP contribution >= 0.6 is 0 Å². The molecule has 1 atom stereocenters. The number of fused-ring (bicyclic) bond motifs is 1. The first-order chi connectivity index (χ1) is 9.28. The fourth-order valence-electron chi connectivity index (χ4n) is 2.36. The standard InChI is InChI=1S/C13H13N5O/c14-8-18-6-5-9(7-18)15-13(19)12-10-3-1-2-4-11(10)16-17-12/h1-4,9H,5-7H2,(H,15,19)(H,16,17). The van der Waals surface area contributed by atoms with Crippen molar-refractivity contribution in [3.8, 4) is 6.19 Å². The fraction of sp³-hybridized carbons (Fsp3) is 0.308. The molecule has 2 aromatic rings. The number of rotatable bonds is 2. The summed E-state index contributed by atoms with van der Waals surface area (Å²) in [6, 6.07) is 7.53. The van der Waals surface area contributed by atoms with Crippen LogP contribution in [0.1, 0.15) is 16.9 Å². The maximum absolute atomic E-state index is 12.2. The van der Waals surface area contributed by atoms with Gasteiger partial charge in [-0.25, -0.2) is 0 Å². The van der Waals surface area contributed by atoms with Gasteiger partial charge in [-0.05, 0) is 12.5 Å². The topological polar surface area (TPSA) is 84.8 Å². The second-order valence-corrected chi connectivity index (χ2v) is 4.62. The predicted molar refractivity (Wildman–Crippen MR) is 69.2 cm³/mol. The number of para-hydroxylation sites is 1. The quantitative estimate of drug-likeness (QED) is 0.779. The summed E-state index contributed by atoms with van der Waals surface area (Å²) in [5.74, 6) is -0.192. The third-order valence-corrected chi connectivity index (χ3v) is 3.35. The highest BCUT2D eigenvalue weighted by molar-refractivity contribution is 6.04. The molecule has 1 fully saturated rings. The van der Waals surface area contributed by atoms with Crippen molar-refractivity contribution in [2.75, 3.05) is 13.1 Å². The van der Waals surface area contributed by atoms with Crippen molar-refractivity contribution in [3.05, 3.63) is 30.0 Å². The van der Waals surface area contributed by atoms with Crippen molar-refractivity contribution >= 4 is 16.8 Å². The fourth-order valence-corrected chi connectivity index (χ4v) is 2.36. The van der Waals surface area contributed by atoms with Crippen LogP contribution in [-0.2, 0) is 0 Å². The van der Waals surface area contributed by atoms with Crippen molar-refractivity contribution in [3.63, 3.8) is 0 Å². The van der Waals surface area contributed by atoms with E-state index in [0.29, 0.717) is 18.8 Å². The number of likely N-dealkylation sites (tertiary alicyclic amines) is 1. The summed E-state index contributed by atoms with van der Waals surface area (Å²) in [5.41, 5.74) is 1.25. The molecule has 1 aromatic carbocycles. The van der Waals surface area contributed by atoms with Crippen LogP contribution in [0.25, 0.3) is 10.9 Å². The number of H-pyrrole nitrogens is 1. The molecule has 1 amide bonds. The lowest BCUT2D eigenvalue weighted by Gasteiger charge is -2.11. The van der Waals surface area contributed by atoms with Gasteiger partial charge in [0.15, 0.2) is 11.9 Å². The maximum Gasteiger partial charge on any atom is 0.272 e. The molecule has 0 radical (unpaired) electrons. The Hall–Kier alpha value is -2.55. The Bertz CT molecular complexity index is 656. The summed E-state index contributed by atoms with van der Waals surface area (Å²) >= 11 is 0. The van der Waals surface area contributed by atoms with E-state index in [0.717, 1.165) is 17.3 Å². The van der Waals surface area contributed by atoms with Crippen LogP contribution in [0.5, 0.6) is 0 Å². The number of hydrogen-bond donors (Lipinski definition) is 2. The van der Waals surface area contributed by atoms with E-state index >= 15 is 0 Å². The van der Waals surface area contributed by atoms with Gasteiger partial charge in [0.25, 0.3) is 5.91 Å². The molecule has 2 heterocycles. The monoisotopic (exact) mass is 255 g/mol. The van der Waals surface area contributed by atoms with Gasteiger partial charge in [0.2, 0.25) is 0 Å². The van der Waals surface area contributed by atoms with E-state index in [2.05, 4.69) is 21.7 Å². The van der Waals surface area contributed by atoms with Crippen LogP contribution < -0.4 is 5.32 Å². The van der Waals surface area contributed by atoms with Gasteiger partial charge < -0.3 is 10.2 Å². The van der Waals surface area contributed by atoms with Crippen LogP contribution in [0.2, 0.25) is 0 Å². The van der Waals surface area contributed by atoms with Gasteiger partial charge in [0.1, 0.15) is 0 Å². The number of nitrogens with one attached hydrogen (secondary N) is 2. The average molecular weight is 255 g/mol. The number of aromatic amines is 1. The van der Waals surface area contributed by atoms with Gasteiger partial charge in [-0.15, -0.1) is 0 Å². The van der Waals surface area contributed by atoms with Crippen LogP contribution in [0.3, 0.4) is 0 Å². The van der Waals surface area contributed by atoms with E-state index in [9.17, 15) is 4.79 Å². The molecule has 96 valence electrons. The zero-order valence-electron chi connectivity index (χ0n) is 10.3. The van der Waals surface area contributed by atoms with Crippen LogP contribution in [0.15, 0.2) is 24.3 Å². The van der Waals surface area contributed by atoms with E-state index in [-0.39, 0.29) is 11.9 Å². The van der Waals surface area contributed by atoms with Gasteiger partial charge in [0, 0.05) is 24.5 Å². The number of carbonyl (C=O) groups is 1. The molecule has 1 saturated heterocycles. The Labute approximate surface area is 110 Å². The molecule has 6 heteroatoms. The van der Waals surface area contributed by atoms with E-state index < -0.39 is 0 Å². The van der Waals surface area contributed by atoms with Crippen molar-refractivity contribution in [1.29, 1.82) is 5.26 Å². The van der Waals surface area contributed by atoms with Crippen molar-refractivity contribution in [1.82, 2.24) is 20.4 Å². The Balaban J connectivity index is 1.76. The summed E-state index contributed by atoms with van der Waals surface area (Å²) in [6.45, 7) is 1.27. The summed E-state index contributed by atoms with van der Waals surface area (Å²) in [4.78, 5) is 13.8. The van der Waals surface area contributed by atoms with E-state index in [1.54, 1.807) is 4.90 Å². The van der Waals surface area contributed by atoms with Crippen LogP contribution in [0.4, 0.5) is 0 Å². The smallest absolute Gasteiger partial charge is 0.272 e. The Kier molecular flexibility index (Phi) is 2.80. The van der Waals surface area contributed by atoms with Gasteiger partial charge in [-0.3, -0.25) is 9.89 Å². The summed E-state index contributed by atoms with van der Waals surface area (Å²) in [7, 11) is 0. The molecule has 0 saturated carbocycles. The van der Waals surface area contributed by atoms with E-state index in [4.69, 9.17) is 5.26 Å². The molecule has 1 aromatic heterocycles. The second-order valence-electron chi connectivity index (χ2n) is 4.62. The number of carbonyl (C=O) groups excluding carboxylic acids is 1. The van der Waals surface area contributed by atoms with Gasteiger partial charge >= 0.3 is 0 Å². The molecule has 19 heavy (non-hydrogen) atoms. The van der Waals surface area contributed by atoms with E-state index in [1.165, 1.54) is 0 Å². The third kappa shape index (κ3) is 2.10. The molecule has 3 rings (SSSR count). The van der Waals surface area contributed by atoms with Gasteiger partial charge in [-0.1, -0.05) is 18.2 Å². The third-order valence-electron chi connectivity index (χ3n) is 3.35. The molecule has 2 N–H and O–H groups in total. The highest BCUT2D eigenvalue weighted by Gasteiger charge is 2.24. The molecule has 1 aliphatic rings. The minimum Gasteiger partial charge on any atom is -0.346 e. The number of aromatic nitrogens is 2. The van der Waals surface area contributed by atoms with Gasteiger partial charge in [-0.2, -0.15) is 10.4 Å². The zero-order valence-corrected chi connectivity index (χ0v) is 10.3. The largest absolute Gasteiger partial charge is 0.346 e. The minimum absolute atomic E-state index is 0.0163. The Morgan fingerprint density at radius 3 is 3.16 bits per heavy atom. The first-order valence-electron chi connectivity index (χ1n) is 6.16. The highest BCUT2D eigenvalue weighted by atomic mass is 16.2. The molecular weight excluding hydrogens is 242 g/mol. The number of amides is 1. The lowest BCUT2D eigenvalue weighted by atomic mass is 10.2. The predicted octanol–water partition coefficient (Wildman–Crippen LogP) is 0.848. The van der Waals surface area contributed by atoms with Crippen LogP contribution in [0, 0.1) is 11.5 Å². The molecule has 1 aliphatic heterocycles. The minimum atomic E-state index is -0.192. The molecule has 0 aliphatic carbocycles. The molecule has 0 spiro atoms. The van der Waals surface area contributed by atoms with Crippen molar-refractivity contribution in [2.45, 2.75) is 12.5 Å². The second kappa shape index (κ2) is 4.61. The van der Waals surface area contributed by atoms with Gasteiger partial charge in [0.05, 0.1) is 5.52 Å². The first kappa shape index (κ1) is 11.5. The lowest BCUT2D eigenvalue weighted by molar-refractivity contribution is 0.0935. The summed E-state index contributed by atoms with van der Waals surface area (Å²) in [5, 5.41) is 19.4. The number of nitriles is 1. The Morgan fingerprint density at radius 1 is 1.53 bits per heavy atom. The van der Waals surface area contributed by atoms with Crippen molar-refractivity contribution in [2.24, 2.45) is 0 Å². The normalized spacial score (nSPS) is 18.5. The summed E-state index contributed by atoms with van der Waals surface area (Å²) in [6.07, 6.45) is 2.89. The molecule has 1 unspecified atom stereocenters. The number of benzene rings is 1. The maximum atomic E-state index is 12.2. The molecule has 6 nitrogen and oxygen atoms in total. The zero-order chi connectivity index (χ0) is 13.2. The summed E-state index contributed by atoms with van der Waals surface area (Å²) < 4.78 is 0. The highest BCUT2D eigenvalue weighted by Crippen LogP contribution is 2.16. The molecule has 0 bridgehead atoms. The number of nitrogens with zero attached hydrogens (tertiary/aromatic N) is 3. The lowest BCUT2D eigenvalue weighted by Crippen LogP contribution is -2.36. The SMILES string of the molecule is N#CN1CCC(NC(=O)c2n[nH]c3ccccc23)C1. The molecular formula is C13H13N5O. The van der Waals surface area contributed by atoms with E-state index in [1.807, 2.05) is 24.3 Å². The first-order valence-corrected chi connectivity index (χ1v) is 6.16.